The third kappa shape index (κ3) is 4.34. The van der Waals surface area contributed by atoms with Gasteiger partial charge in [-0.1, -0.05) is 140 Å². The van der Waals surface area contributed by atoms with E-state index in [9.17, 15) is 0 Å². The van der Waals surface area contributed by atoms with Crippen LogP contribution >= 0.6 is 7.14 Å². The summed E-state index contributed by atoms with van der Waals surface area (Å²) in [4.78, 5) is 7.11. The summed E-state index contributed by atoms with van der Waals surface area (Å²) in [6, 6.07) is 67.9. The molecule has 2 aliphatic heterocycles. The highest BCUT2D eigenvalue weighted by molar-refractivity contribution is 7.85. The Kier molecular flexibility index (Phi) is 6.79. The number of furan rings is 1. The molecule has 0 saturated carbocycles. The van der Waals surface area contributed by atoms with E-state index < -0.39 is 12.6 Å². The summed E-state index contributed by atoms with van der Waals surface area (Å²) in [5.74, 6) is 0. The summed E-state index contributed by atoms with van der Waals surface area (Å²) in [7, 11) is -3.45. The van der Waals surface area contributed by atoms with Crippen molar-refractivity contribution in [3.8, 4) is 11.1 Å². The van der Waals surface area contributed by atoms with Crippen molar-refractivity contribution in [1.29, 1.82) is 0 Å². The van der Waals surface area contributed by atoms with E-state index in [0.717, 1.165) is 99.2 Å². The van der Waals surface area contributed by atoms with E-state index in [1.807, 2.05) is 60.8 Å². The van der Waals surface area contributed by atoms with Crippen LogP contribution in [-0.4, -0.2) is 4.98 Å². The molecule has 2 aromatic heterocycles. The minimum Gasteiger partial charge on any atom is -0.456 e. The Labute approximate surface area is 329 Å². The molecule has 2 atom stereocenters. The Hall–Kier alpha value is -7.00. The smallest absolute Gasteiger partial charge is 0.171 e. The molecule has 0 N–H and O–H groups in total. The number of hydrogen-bond acceptors (Lipinski definition) is 4. The molecule has 2 aliphatic rings. The topological polar surface area (TPSA) is 46.3 Å². The number of benzene rings is 8. The van der Waals surface area contributed by atoms with Gasteiger partial charge in [-0.15, -0.1) is 0 Å². The van der Waals surface area contributed by atoms with Gasteiger partial charge in [-0.3, -0.25) is 4.98 Å². The van der Waals surface area contributed by atoms with Crippen molar-refractivity contribution >= 4 is 73.0 Å². The molecule has 268 valence electrons. The van der Waals surface area contributed by atoms with Crippen LogP contribution in [0.3, 0.4) is 0 Å². The van der Waals surface area contributed by atoms with Gasteiger partial charge in [0.1, 0.15) is 11.2 Å². The van der Waals surface area contributed by atoms with E-state index in [2.05, 4.69) is 144 Å². The van der Waals surface area contributed by atoms with Gasteiger partial charge in [0.25, 0.3) is 0 Å². The van der Waals surface area contributed by atoms with E-state index >= 15 is 4.57 Å². The average molecular weight is 749 g/mol. The molecule has 5 heteroatoms. The maximum atomic E-state index is 16.6. The lowest BCUT2D eigenvalue weighted by atomic mass is 9.61. The number of fused-ring (bicyclic) bond motifs is 12. The minimum atomic E-state index is -3.45. The van der Waals surface area contributed by atoms with E-state index in [4.69, 9.17) is 9.40 Å². The molecule has 0 bridgehead atoms. The Morgan fingerprint density at radius 2 is 1.18 bits per heavy atom. The van der Waals surface area contributed by atoms with Crippen LogP contribution in [0.25, 0.3) is 44.0 Å². The quantitative estimate of drug-likeness (QED) is 0.169. The lowest BCUT2D eigenvalue weighted by Crippen LogP contribution is -2.49. The molecule has 10 aromatic rings. The Morgan fingerprint density at radius 1 is 0.491 bits per heavy atom. The number of nitrogens with zero attached hydrogens (tertiary/aromatic N) is 2. The van der Waals surface area contributed by atoms with E-state index in [0.29, 0.717) is 0 Å². The van der Waals surface area contributed by atoms with Crippen LogP contribution in [0.4, 0.5) is 17.1 Å². The molecule has 2 unspecified atom stereocenters. The fourth-order valence-electron chi connectivity index (χ4n) is 9.82. The first-order valence-electron chi connectivity index (χ1n) is 19.3. The number of rotatable bonds is 3. The first-order valence-corrected chi connectivity index (χ1v) is 21.0. The lowest BCUT2D eigenvalue weighted by Gasteiger charge is -2.50. The Balaban J connectivity index is 1.27. The molecule has 0 fully saturated rings. The van der Waals surface area contributed by atoms with Gasteiger partial charge in [-0.2, -0.15) is 0 Å². The third-order valence-electron chi connectivity index (χ3n) is 12.2. The van der Waals surface area contributed by atoms with Crippen LogP contribution in [0, 0.1) is 0 Å². The number of hydrogen-bond donors (Lipinski definition) is 0. The van der Waals surface area contributed by atoms with Crippen molar-refractivity contribution in [3.05, 3.63) is 223 Å². The summed E-state index contributed by atoms with van der Waals surface area (Å²) in [6.07, 6.45) is 1.90. The van der Waals surface area contributed by atoms with Gasteiger partial charge < -0.3 is 13.9 Å². The normalized spacial score (nSPS) is 18.0. The first kappa shape index (κ1) is 32.3. The van der Waals surface area contributed by atoms with Crippen LogP contribution in [0.5, 0.6) is 0 Å². The predicted octanol–water partition coefficient (Wildman–Crippen LogP) is 11.9. The number of para-hydroxylation sites is 4. The van der Waals surface area contributed by atoms with Gasteiger partial charge >= 0.3 is 0 Å². The van der Waals surface area contributed by atoms with Gasteiger partial charge in [-0.05, 0) is 88.0 Å². The molecular weight excluding hydrogens is 716 g/mol. The number of anilines is 3. The van der Waals surface area contributed by atoms with E-state index in [1.54, 1.807) is 0 Å². The van der Waals surface area contributed by atoms with Crippen molar-refractivity contribution in [2.24, 2.45) is 0 Å². The molecule has 57 heavy (non-hydrogen) atoms. The maximum absolute atomic E-state index is 16.6. The summed E-state index contributed by atoms with van der Waals surface area (Å²) in [6.45, 7) is 0. The van der Waals surface area contributed by atoms with Crippen LogP contribution < -0.4 is 20.8 Å². The molecule has 8 aromatic carbocycles. The molecule has 0 saturated heterocycles. The second kappa shape index (κ2) is 12.0. The number of pyridine rings is 1. The first-order chi connectivity index (χ1) is 28.2. The van der Waals surface area contributed by atoms with Gasteiger partial charge in [0.2, 0.25) is 0 Å². The molecule has 0 aliphatic carbocycles. The molecule has 12 rings (SSSR count). The standard InChI is InChI=1S/C52H33N2O2P/c55-57(36-17-5-2-6-18-36)50-26-14-10-22-43(50)52(44-32-40-39-20-8-13-25-48(39)56-49(40)33-51(44)57)41-21-9-12-24-46(41)54(35-15-3-1-4-16-35)47-31-34(27-28-42(47)52)37-29-30-53-45-23-11-7-19-38(37)45/h1-33H. The zero-order chi connectivity index (χ0) is 37.7. The molecule has 0 radical (unpaired) electrons. The summed E-state index contributed by atoms with van der Waals surface area (Å²) < 4.78 is 23.2. The van der Waals surface area contributed by atoms with Crippen LogP contribution in [0.1, 0.15) is 22.3 Å². The van der Waals surface area contributed by atoms with Crippen molar-refractivity contribution in [2.45, 2.75) is 5.41 Å². The molecule has 4 heterocycles. The van der Waals surface area contributed by atoms with Crippen LogP contribution in [0.2, 0.25) is 0 Å². The van der Waals surface area contributed by atoms with Crippen molar-refractivity contribution in [1.82, 2.24) is 4.98 Å². The highest BCUT2D eigenvalue weighted by atomic mass is 31.2. The zero-order valence-electron chi connectivity index (χ0n) is 30.7. The summed E-state index contributed by atoms with van der Waals surface area (Å²) in [5.41, 5.74) is 11.3. The predicted molar refractivity (Wildman–Crippen MR) is 234 cm³/mol. The van der Waals surface area contributed by atoms with Crippen molar-refractivity contribution < 1.29 is 8.98 Å². The number of aromatic nitrogens is 1. The van der Waals surface area contributed by atoms with Crippen molar-refractivity contribution in [2.75, 3.05) is 4.90 Å². The van der Waals surface area contributed by atoms with Crippen LogP contribution in [-0.2, 0) is 9.98 Å². The highest BCUT2D eigenvalue weighted by Gasteiger charge is 2.55. The minimum absolute atomic E-state index is 0.732. The van der Waals surface area contributed by atoms with Gasteiger partial charge in [0.05, 0.1) is 22.3 Å². The fourth-order valence-corrected chi connectivity index (χ4v) is 13.0. The van der Waals surface area contributed by atoms with Crippen LogP contribution in [0.15, 0.2) is 205 Å². The Morgan fingerprint density at radius 3 is 2.04 bits per heavy atom. The van der Waals surface area contributed by atoms with E-state index in [1.165, 1.54) is 0 Å². The Bertz CT molecular complexity index is 3300. The molecule has 4 nitrogen and oxygen atoms in total. The maximum Gasteiger partial charge on any atom is 0.171 e. The second-order valence-electron chi connectivity index (χ2n) is 15.0. The zero-order valence-corrected chi connectivity index (χ0v) is 31.6. The van der Waals surface area contributed by atoms with Gasteiger partial charge in [-0.25, -0.2) is 0 Å². The average Bonchev–Trinajstić information content (AvgIpc) is 3.65. The molecule has 0 amide bonds. The molecular formula is C52H33N2O2P. The highest BCUT2D eigenvalue weighted by Crippen LogP contribution is 2.63. The van der Waals surface area contributed by atoms with E-state index in [-0.39, 0.29) is 0 Å². The van der Waals surface area contributed by atoms with Gasteiger partial charge in [0.15, 0.2) is 7.14 Å². The summed E-state index contributed by atoms with van der Waals surface area (Å²) in [5, 5.41) is 5.60. The van der Waals surface area contributed by atoms with Crippen molar-refractivity contribution in [3.63, 3.8) is 0 Å². The largest absolute Gasteiger partial charge is 0.456 e. The monoisotopic (exact) mass is 748 g/mol. The fraction of sp³-hybridized carbons (Fsp3) is 0.0192. The second-order valence-corrected chi connectivity index (χ2v) is 17.7. The summed E-state index contributed by atoms with van der Waals surface area (Å²) >= 11 is 0. The SMILES string of the molecule is O=P1(c2ccccc2)c2ccccc2C2(c3ccccc3N(c3ccccc3)c3cc(-c4ccnc5ccccc45)ccc32)c2cc3c(cc21)oc1ccccc13. The lowest BCUT2D eigenvalue weighted by molar-refractivity contribution is 0.590. The molecule has 1 spiro atoms. The van der Waals surface area contributed by atoms with Gasteiger partial charge in [0, 0.05) is 44.0 Å². The third-order valence-corrected chi connectivity index (χ3v) is 15.3.